The van der Waals surface area contributed by atoms with Gasteiger partial charge in [-0.05, 0) is 37.7 Å². The van der Waals surface area contributed by atoms with Gasteiger partial charge >= 0.3 is 0 Å². The van der Waals surface area contributed by atoms with Crippen LogP contribution in [0.1, 0.15) is 25.5 Å². The number of hydrogen-bond acceptors (Lipinski definition) is 2. The SMILES string of the molecule is C=CCN1[C@H](C)c2cccc3[nH]c(=S)n(c23)C[C@@H]1C. The van der Waals surface area contributed by atoms with Gasteiger partial charge in [0, 0.05) is 25.2 Å². The van der Waals surface area contributed by atoms with Crippen LogP contribution in [0, 0.1) is 4.77 Å². The minimum Gasteiger partial charge on any atom is -0.331 e. The third-order valence-electron chi connectivity index (χ3n) is 4.12. The second-order valence-electron chi connectivity index (χ2n) is 5.29. The van der Waals surface area contributed by atoms with Crippen molar-refractivity contribution in [1.29, 1.82) is 0 Å². The fraction of sp³-hybridized carbons (Fsp3) is 0.400. The molecule has 1 aromatic carbocycles. The summed E-state index contributed by atoms with van der Waals surface area (Å²) in [4.78, 5) is 5.79. The minimum atomic E-state index is 0.371. The molecule has 1 aliphatic rings. The number of para-hydroxylation sites is 1. The lowest BCUT2D eigenvalue weighted by Gasteiger charge is -2.31. The Morgan fingerprint density at radius 3 is 3.00 bits per heavy atom. The Hall–Kier alpha value is -1.39. The summed E-state index contributed by atoms with van der Waals surface area (Å²) >= 11 is 5.47. The molecule has 0 amide bonds. The van der Waals surface area contributed by atoms with Gasteiger partial charge in [0.2, 0.25) is 0 Å². The molecule has 0 fully saturated rings. The van der Waals surface area contributed by atoms with Crippen LogP contribution in [0.3, 0.4) is 0 Å². The Morgan fingerprint density at radius 2 is 2.26 bits per heavy atom. The van der Waals surface area contributed by atoms with Gasteiger partial charge in [0.05, 0.1) is 11.0 Å². The fourth-order valence-corrected chi connectivity index (χ4v) is 3.45. The summed E-state index contributed by atoms with van der Waals surface area (Å²) < 4.78 is 3.06. The predicted molar refractivity (Wildman–Crippen MR) is 81.9 cm³/mol. The van der Waals surface area contributed by atoms with Gasteiger partial charge in [-0.1, -0.05) is 18.2 Å². The Bertz CT molecular complexity index is 682. The molecule has 0 radical (unpaired) electrons. The number of rotatable bonds is 2. The number of nitrogens with zero attached hydrogens (tertiary/aromatic N) is 2. The van der Waals surface area contributed by atoms with Crippen molar-refractivity contribution >= 4 is 23.3 Å². The molecular weight excluding hydrogens is 254 g/mol. The average Bonchev–Trinajstić information content (AvgIpc) is 2.65. The highest BCUT2D eigenvalue weighted by Crippen LogP contribution is 2.33. The Kier molecular flexibility index (Phi) is 3.07. The Balaban J connectivity index is 2.26. The van der Waals surface area contributed by atoms with Gasteiger partial charge in [0.15, 0.2) is 4.77 Å². The standard InChI is InChI=1S/C15H19N3S/c1-4-8-17-10(2)9-18-14-12(11(17)3)6-5-7-13(14)16-15(18)19/h4-7,10-11H,1,8-9H2,2-3H3,(H,16,19)/t10-,11+/m0/s1. The van der Waals surface area contributed by atoms with Crippen molar-refractivity contribution < 1.29 is 0 Å². The summed E-state index contributed by atoms with van der Waals surface area (Å²) in [6, 6.07) is 7.22. The topological polar surface area (TPSA) is 24.0 Å². The zero-order valence-corrected chi connectivity index (χ0v) is 12.2. The van der Waals surface area contributed by atoms with Gasteiger partial charge < -0.3 is 9.55 Å². The summed E-state index contributed by atoms with van der Waals surface area (Å²) in [7, 11) is 0. The molecule has 1 N–H and O–H groups in total. The van der Waals surface area contributed by atoms with Gasteiger partial charge in [0.1, 0.15) is 0 Å². The first kappa shape index (κ1) is 12.6. The lowest BCUT2D eigenvalue weighted by Crippen LogP contribution is -2.36. The van der Waals surface area contributed by atoms with Crippen molar-refractivity contribution in [3.05, 3.63) is 41.2 Å². The minimum absolute atomic E-state index is 0.371. The van der Waals surface area contributed by atoms with E-state index in [0.717, 1.165) is 23.4 Å². The van der Waals surface area contributed by atoms with Crippen molar-refractivity contribution in [1.82, 2.24) is 14.5 Å². The molecule has 4 heteroatoms. The number of nitrogens with one attached hydrogen (secondary N) is 1. The molecule has 0 spiro atoms. The molecule has 3 nitrogen and oxygen atoms in total. The van der Waals surface area contributed by atoms with Crippen LogP contribution in [-0.2, 0) is 6.54 Å². The molecule has 19 heavy (non-hydrogen) atoms. The molecule has 0 bridgehead atoms. The highest BCUT2D eigenvalue weighted by molar-refractivity contribution is 7.71. The molecule has 0 saturated carbocycles. The van der Waals surface area contributed by atoms with Crippen molar-refractivity contribution in [3.63, 3.8) is 0 Å². The molecule has 0 saturated heterocycles. The van der Waals surface area contributed by atoms with E-state index in [1.165, 1.54) is 11.1 Å². The fourth-order valence-electron chi connectivity index (χ4n) is 3.18. The number of aromatic nitrogens is 2. The lowest BCUT2D eigenvalue weighted by atomic mass is 10.0. The van der Waals surface area contributed by atoms with Gasteiger partial charge in [-0.15, -0.1) is 6.58 Å². The van der Waals surface area contributed by atoms with E-state index in [-0.39, 0.29) is 0 Å². The van der Waals surface area contributed by atoms with Gasteiger partial charge in [0.25, 0.3) is 0 Å². The van der Waals surface area contributed by atoms with Crippen molar-refractivity contribution in [3.8, 4) is 0 Å². The van der Waals surface area contributed by atoms with E-state index in [1.807, 2.05) is 6.08 Å². The Morgan fingerprint density at radius 1 is 1.47 bits per heavy atom. The summed E-state index contributed by atoms with van der Waals surface area (Å²) in [6.07, 6.45) is 1.98. The zero-order chi connectivity index (χ0) is 13.6. The third kappa shape index (κ3) is 1.86. The van der Waals surface area contributed by atoms with Crippen LogP contribution in [0.5, 0.6) is 0 Å². The van der Waals surface area contributed by atoms with Crippen LogP contribution in [0.2, 0.25) is 0 Å². The summed E-state index contributed by atoms with van der Waals surface area (Å²) in [5.41, 5.74) is 3.75. The molecule has 3 rings (SSSR count). The highest BCUT2D eigenvalue weighted by atomic mass is 32.1. The number of H-pyrrole nitrogens is 1. The molecule has 0 aliphatic carbocycles. The third-order valence-corrected chi connectivity index (χ3v) is 4.45. The first-order valence-corrected chi connectivity index (χ1v) is 7.12. The van der Waals surface area contributed by atoms with E-state index in [1.54, 1.807) is 0 Å². The van der Waals surface area contributed by atoms with Crippen molar-refractivity contribution in [2.45, 2.75) is 32.5 Å². The molecule has 1 aliphatic heterocycles. The van der Waals surface area contributed by atoms with Crippen LogP contribution in [0.4, 0.5) is 0 Å². The highest BCUT2D eigenvalue weighted by Gasteiger charge is 2.27. The van der Waals surface area contributed by atoms with Crippen LogP contribution in [-0.4, -0.2) is 27.0 Å². The molecule has 2 atom stereocenters. The first-order valence-electron chi connectivity index (χ1n) is 6.71. The number of aromatic amines is 1. The smallest absolute Gasteiger partial charge is 0.178 e. The molecule has 2 heterocycles. The van der Waals surface area contributed by atoms with E-state index in [9.17, 15) is 0 Å². The van der Waals surface area contributed by atoms with E-state index < -0.39 is 0 Å². The quantitative estimate of drug-likeness (QED) is 0.667. The number of hydrogen-bond donors (Lipinski definition) is 1. The van der Waals surface area contributed by atoms with E-state index in [2.05, 4.69) is 53.1 Å². The second-order valence-corrected chi connectivity index (χ2v) is 5.68. The zero-order valence-electron chi connectivity index (χ0n) is 11.4. The maximum Gasteiger partial charge on any atom is 0.178 e. The maximum absolute atomic E-state index is 5.47. The molecular formula is C15H19N3S. The second kappa shape index (κ2) is 4.62. The lowest BCUT2D eigenvalue weighted by molar-refractivity contribution is 0.166. The normalized spacial score (nSPS) is 23.5. The molecule has 1 aromatic heterocycles. The van der Waals surface area contributed by atoms with Gasteiger partial charge in [-0.25, -0.2) is 0 Å². The van der Waals surface area contributed by atoms with E-state index in [0.29, 0.717) is 12.1 Å². The largest absolute Gasteiger partial charge is 0.331 e. The van der Waals surface area contributed by atoms with E-state index >= 15 is 0 Å². The van der Waals surface area contributed by atoms with Crippen LogP contribution in [0.25, 0.3) is 11.0 Å². The first-order chi connectivity index (χ1) is 9.13. The van der Waals surface area contributed by atoms with Crippen molar-refractivity contribution in [2.24, 2.45) is 0 Å². The van der Waals surface area contributed by atoms with E-state index in [4.69, 9.17) is 12.2 Å². The van der Waals surface area contributed by atoms with Gasteiger partial charge in [-0.3, -0.25) is 4.90 Å². The Labute approximate surface area is 118 Å². The maximum atomic E-state index is 5.47. The van der Waals surface area contributed by atoms with Crippen LogP contribution >= 0.6 is 12.2 Å². The predicted octanol–water partition coefficient (Wildman–Crippen LogP) is 3.65. The number of imidazole rings is 1. The average molecular weight is 273 g/mol. The monoisotopic (exact) mass is 273 g/mol. The number of benzene rings is 1. The molecule has 100 valence electrons. The summed E-state index contributed by atoms with van der Waals surface area (Å²) in [5, 5.41) is 0. The van der Waals surface area contributed by atoms with Gasteiger partial charge in [-0.2, -0.15) is 0 Å². The summed E-state index contributed by atoms with van der Waals surface area (Å²) in [6.45, 7) is 10.2. The van der Waals surface area contributed by atoms with Crippen molar-refractivity contribution in [2.75, 3.05) is 6.54 Å². The summed E-state index contributed by atoms with van der Waals surface area (Å²) in [5.74, 6) is 0. The molecule has 0 unspecified atom stereocenters. The van der Waals surface area contributed by atoms with Crippen LogP contribution in [0.15, 0.2) is 30.9 Å². The molecule has 2 aromatic rings. The van der Waals surface area contributed by atoms with Crippen LogP contribution < -0.4 is 0 Å².